The van der Waals surface area contributed by atoms with Crippen LogP contribution in [0, 0.1) is 5.92 Å². The van der Waals surface area contributed by atoms with Crippen molar-refractivity contribution in [1.82, 2.24) is 10.1 Å². The number of nitrogens with zero attached hydrogens (tertiary/aromatic N) is 2. The molecular weight excluding hydrogens is 248 g/mol. The van der Waals surface area contributed by atoms with E-state index in [9.17, 15) is 9.59 Å². The number of amides is 1. The third-order valence-electron chi connectivity index (χ3n) is 3.23. The number of rotatable bonds is 5. The summed E-state index contributed by atoms with van der Waals surface area (Å²) in [5, 5.41) is 3.79. The van der Waals surface area contributed by atoms with E-state index in [1.54, 1.807) is 20.0 Å². The van der Waals surface area contributed by atoms with Crippen molar-refractivity contribution in [2.75, 3.05) is 20.7 Å². The molecule has 1 aromatic rings. The van der Waals surface area contributed by atoms with E-state index in [-0.39, 0.29) is 24.3 Å². The van der Waals surface area contributed by atoms with Crippen LogP contribution in [0.1, 0.15) is 41.9 Å². The molecule has 1 unspecified atom stereocenters. The smallest absolute Gasteiger partial charge is 0.310 e. The molecule has 1 aromatic heterocycles. The Morgan fingerprint density at radius 1 is 1.58 bits per heavy atom. The summed E-state index contributed by atoms with van der Waals surface area (Å²) in [6, 6.07) is 1.69. The second-order valence-corrected chi connectivity index (χ2v) is 5.00. The Morgan fingerprint density at radius 3 is 2.84 bits per heavy atom. The number of carbonyl (C=O) groups excluding carboxylic acids is 2. The fraction of sp³-hybridized carbons (Fsp3) is 0.615. The van der Waals surface area contributed by atoms with Crippen LogP contribution in [0.3, 0.4) is 0 Å². The molecule has 0 bridgehead atoms. The van der Waals surface area contributed by atoms with E-state index in [1.165, 1.54) is 12.0 Å². The molecule has 1 aliphatic carbocycles. The van der Waals surface area contributed by atoms with Crippen LogP contribution in [0.4, 0.5) is 0 Å². The number of hydrogen-bond acceptors (Lipinski definition) is 5. The second-order valence-electron chi connectivity index (χ2n) is 5.00. The van der Waals surface area contributed by atoms with E-state index >= 15 is 0 Å². The van der Waals surface area contributed by atoms with Crippen LogP contribution >= 0.6 is 0 Å². The van der Waals surface area contributed by atoms with Crippen molar-refractivity contribution in [3.05, 3.63) is 17.5 Å². The lowest BCUT2D eigenvalue weighted by Gasteiger charge is -2.18. The average molecular weight is 266 g/mol. The SMILES string of the molecule is COC(=O)C(C)CN(C)C(=O)c1cc(C2CC2)on1. The maximum Gasteiger partial charge on any atom is 0.310 e. The predicted molar refractivity (Wildman–Crippen MR) is 66.6 cm³/mol. The van der Waals surface area contributed by atoms with Crippen molar-refractivity contribution >= 4 is 11.9 Å². The normalized spacial score (nSPS) is 15.9. The van der Waals surface area contributed by atoms with Gasteiger partial charge in [0.25, 0.3) is 5.91 Å². The average Bonchev–Trinajstić information content (AvgIpc) is 3.14. The third kappa shape index (κ3) is 3.13. The molecule has 0 saturated heterocycles. The van der Waals surface area contributed by atoms with Gasteiger partial charge in [-0.1, -0.05) is 12.1 Å². The molecule has 104 valence electrons. The number of methoxy groups -OCH3 is 1. The Balaban J connectivity index is 1.95. The van der Waals surface area contributed by atoms with E-state index in [1.807, 2.05) is 0 Å². The Morgan fingerprint density at radius 2 is 2.26 bits per heavy atom. The van der Waals surface area contributed by atoms with Gasteiger partial charge in [-0.3, -0.25) is 9.59 Å². The minimum Gasteiger partial charge on any atom is -0.469 e. The van der Waals surface area contributed by atoms with Gasteiger partial charge in [0.2, 0.25) is 0 Å². The van der Waals surface area contributed by atoms with Crippen molar-refractivity contribution in [2.24, 2.45) is 5.92 Å². The molecule has 0 spiro atoms. The Hall–Kier alpha value is -1.85. The molecule has 6 heteroatoms. The lowest BCUT2D eigenvalue weighted by Crippen LogP contribution is -2.34. The first-order valence-corrected chi connectivity index (χ1v) is 6.32. The molecule has 0 N–H and O–H groups in total. The summed E-state index contributed by atoms with van der Waals surface area (Å²) < 4.78 is 9.78. The monoisotopic (exact) mass is 266 g/mol. The van der Waals surface area contributed by atoms with Gasteiger partial charge >= 0.3 is 5.97 Å². The van der Waals surface area contributed by atoms with Gasteiger partial charge in [-0.05, 0) is 12.8 Å². The highest BCUT2D eigenvalue weighted by Gasteiger charge is 2.29. The van der Waals surface area contributed by atoms with Crippen molar-refractivity contribution < 1.29 is 18.8 Å². The van der Waals surface area contributed by atoms with Crippen molar-refractivity contribution in [3.8, 4) is 0 Å². The van der Waals surface area contributed by atoms with Crippen LogP contribution < -0.4 is 0 Å². The second kappa shape index (κ2) is 5.42. The van der Waals surface area contributed by atoms with Gasteiger partial charge in [0.15, 0.2) is 5.69 Å². The van der Waals surface area contributed by atoms with Gasteiger partial charge in [-0.15, -0.1) is 0 Å². The zero-order valence-electron chi connectivity index (χ0n) is 11.4. The lowest BCUT2D eigenvalue weighted by atomic mass is 10.1. The lowest BCUT2D eigenvalue weighted by molar-refractivity contribution is -0.145. The maximum atomic E-state index is 12.1. The standard InChI is InChI=1S/C13H18N2O4/c1-8(13(17)18-3)7-15(2)12(16)10-6-11(19-14-10)9-4-5-9/h6,8-9H,4-5,7H2,1-3H3. The van der Waals surface area contributed by atoms with E-state index in [0.717, 1.165) is 18.6 Å². The van der Waals surface area contributed by atoms with Gasteiger partial charge in [0, 0.05) is 25.6 Å². The molecule has 6 nitrogen and oxygen atoms in total. The van der Waals surface area contributed by atoms with E-state index < -0.39 is 0 Å². The molecule has 0 radical (unpaired) electrons. The summed E-state index contributed by atoms with van der Waals surface area (Å²) in [4.78, 5) is 24.9. The first-order chi connectivity index (χ1) is 9.02. The number of aromatic nitrogens is 1. The van der Waals surface area contributed by atoms with Crippen LogP contribution in [0.15, 0.2) is 10.6 Å². The highest BCUT2D eigenvalue weighted by molar-refractivity contribution is 5.92. The van der Waals surface area contributed by atoms with Crippen LogP contribution in [-0.2, 0) is 9.53 Å². The summed E-state index contributed by atoms with van der Waals surface area (Å²) >= 11 is 0. The fourth-order valence-corrected chi connectivity index (χ4v) is 1.92. The van der Waals surface area contributed by atoms with Crippen LogP contribution in [-0.4, -0.2) is 42.6 Å². The molecule has 1 atom stereocenters. The minimum atomic E-state index is -0.367. The highest BCUT2D eigenvalue weighted by Crippen LogP contribution is 2.40. The number of ether oxygens (including phenoxy) is 1. The molecule has 0 aromatic carbocycles. The Kier molecular flexibility index (Phi) is 3.87. The molecular formula is C13H18N2O4. The Labute approximate surface area is 111 Å². The fourth-order valence-electron chi connectivity index (χ4n) is 1.92. The number of esters is 1. The maximum absolute atomic E-state index is 12.1. The van der Waals surface area contributed by atoms with Crippen LogP contribution in [0.25, 0.3) is 0 Å². The number of carbonyl (C=O) groups is 2. The summed E-state index contributed by atoms with van der Waals surface area (Å²) in [5.41, 5.74) is 0.293. The Bertz CT molecular complexity index is 479. The first kappa shape index (κ1) is 13.6. The summed E-state index contributed by atoms with van der Waals surface area (Å²) in [5.74, 6) is 0.254. The van der Waals surface area contributed by atoms with Crippen LogP contribution in [0.2, 0.25) is 0 Å². The molecule has 1 saturated carbocycles. The molecule has 2 rings (SSSR count). The largest absolute Gasteiger partial charge is 0.469 e. The van der Waals surface area contributed by atoms with Gasteiger partial charge in [-0.2, -0.15) is 0 Å². The zero-order chi connectivity index (χ0) is 14.0. The van der Waals surface area contributed by atoms with Gasteiger partial charge in [0.1, 0.15) is 5.76 Å². The molecule has 1 heterocycles. The molecule has 1 fully saturated rings. The van der Waals surface area contributed by atoms with Crippen molar-refractivity contribution in [3.63, 3.8) is 0 Å². The summed E-state index contributed by atoms with van der Waals surface area (Å²) in [6.07, 6.45) is 2.19. The van der Waals surface area contributed by atoms with Gasteiger partial charge in [-0.25, -0.2) is 0 Å². The van der Waals surface area contributed by atoms with Crippen molar-refractivity contribution in [1.29, 1.82) is 0 Å². The quantitative estimate of drug-likeness (QED) is 0.754. The molecule has 19 heavy (non-hydrogen) atoms. The van der Waals surface area contributed by atoms with E-state index in [0.29, 0.717) is 11.6 Å². The molecule has 1 aliphatic rings. The molecule has 1 amide bonds. The highest BCUT2D eigenvalue weighted by atomic mass is 16.5. The summed E-state index contributed by atoms with van der Waals surface area (Å²) in [7, 11) is 2.97. The van der Waals surface area contributed by atoms with Gasteiger partial charge in [0.05, 0.1) is 13.0 Å². The number of hydrogen-bond donors (Lipinski definition) is 0. The molecule has 0 aliphatic heterocycles. The third-order valence-corrected chi connectivity index (χ3v) is 3.23. The van der Waals surface area contributed by atoms with E-state index in [2.05, 4.69) is 9.89 Å². The van der Waals surface area contributed by atoms with Gasteiger partial charge < -0.3 is 14.2 Å². The summed E-state index contributed by atoms with van der Waals surface area (Å²) in [6.45, 7) is 2.01. The topological polar surface area (TPSA) is 72.6 Å². The predicted octanol–water partition coefficient (Wildman–Crippen LogP) is 1.43. The first-order valence-electron chi connectivity index (χ1n) is 6.32. The zero-order valence-corrected chi connectivity index (χ0v) is 11.4. The van der Waals surface area contributed by atoms with E-state index in [4.69, 9.17) is 4.52 Å². The minimum absolute atomic E-state index is 0.244. The van der Waals surface area contributed by atoms with Crippen LogP contribution in [0.5, 0.6) is 0 Å². The van der Waals surface area contributed by atoms with Crippen molar-refractivity contribution in [2.45, 2.75) is 25.7 Å².